The van der Waals surface area contributed by atoms with Crippen molar-refractivity contribution in [2.45, 2.75) is 40.8 Å². The van der Waals surface area contributed by atoms with Crippen molar-refractivity contribution < 1.29 is 9.90 Å². The normalized spacial score (nSPS) is 11.7. The van der Waals surface area contributed by atoms with Crippen molar-refractivity contribution in [3.63, 3.8) is 0 Å². The van der Waals surface area contributed by atoms with Crippen LogP contribution in [0.2, 0.25) is 0 Å². The Kier molecular flexibility index (Phi) is 4.21. The van der Waals surface area contributed by atoms with E-state index in [0.29, 0.717) is 30.4 Å². The van der Waals surface area contributed by atoms with Crippen LogP contribution in [-0.4, -0.2) is 20.2 Å². The van der Waals surface area contributed by atoms with Gasteiger partial charge in [0.2, 0.25) is 0 Å². The highest BCUT2D eigenvalue weighted by molar-refractivity contribution is 5.92. The number of imidazole rings is 1. The van der Waals surface area contributed by atoms with E-state index in [4.69, 9.17) is 5.11 Å². The molecule has 2 rings (SSSR count). The van der Waals surface area contributed by atoms with Crippen LogP contribution in [0.4, 0.5) is 0 Å². The van der Waals surface area contributed by atoms with Crippen LogP contribution in [0.25, 0.3) is 11.0 Å². The molecule has 0 atom stereocenters. The highest BCUT2D eigenvalue weighted by Crippen LogP contribution is 2.18. The SMILES string of the molecule is CC(C)Cn1c(=O)n(CC(C)C)c2cc(C(=O)O)ccc21. The first kappa shape index (κ1) is 15.4. The van der Waals surface area contributed by atoms with E-state index in [2.05, 4.69) is 13.8 Å². The summed E-state index contributed by atoms with van der Waals surface area (Å²) in [7, 11) is 0. The van der Waals surface area contributed by atoms with Crippen LogP contribution < -0.4 is 5.69 Å². The minimum absolute atomic E-state index is 0.0602. The van der Waals surface area contributed by atoms with E-state index in [-0.39, 0.29) is 11.3 Å². The van der Waals surface area contributed by atoms with E-state index in [1.807, 2.05) is 13.8 Å². The molecule has 0 radical (unpaired) electrons. The summed E-state index contributed by atoms with van der Waals surface area (Å²) in [6.45, 7) is 9.42. The van der Waals surface area contributed by atoms with Crippen LogP contribution in [0, 0.1) is 11.8 Å². The Labute approximate surface area is 123 Å². The number of hydrogen-bond acceptors (Lipinski definition) is 2. The van der Waals surface area contributed by atoms with Crippen LogP contribution in [0.15, 0.2) is 23.0 Å². The van der Waals surface area contributed by atoms with E-state index in [0.717, 1.165) is 5.52 Å². The standard InChI is InChI=1S/C16H22N2O3/c1-10(2)8-17-13-6-5-12(15(19)20)7-14(13)18(16(17)21)9-11(3)4/h5-7,10-11H,8-9H2,1-4H3,(H,19,20). The molecule has 1 aromatic heterocycles. The number of hydrogen-bond donors (Lipinski definition) is 1. The average molecular weight is 290 g/mol. The first-order chi connectivity index (χ1) is 9.81. The molecule has 5 heteroatoms. The van der Waals surface area contributed by atoms with Gasteiger partial charge >= 0.3 is 11.7 Å². The number of aromatic carboxylic acids is 1. The van der Waals surface area contributed by atoms with E-state index in [1.54, 1.807) is 27.3 Å². The molecule has 0 spiro atoms. The Balaban J connectivity index is 2.72. The largest absolute Gasteiger partial charge is 0.478 e. The lowest BCUT2D eigenvalue weighted by molar-refractivity contribution is 0.0697. The van der Waals surface area contributed by atoms with Crippen LogP contribution in [0.3, 0.4) is 0 Å². The molecule has 0 amide bonds. The van der Waals surface area contributed by atoms with Crippen LogP contribution in [0.1, 0.15) is 38.1 Å². The van der Waals surface area contributed by atoms with Gasteiger partial charge in [0.1, 0.15) is 0 Å². The molecule has 0 fully saturated rings. The van der Waals surface area contributed by atoms with Gasteiger partial charge in [-0.2, -0.15) is 0 Å². The molecule has 0 bridgehead atoms. The second-order valence-electron chi connectivity index (χ2n) is 6.30. The first-order valence-corrected chi connectivity index (χ1v) is 7.27. The van der Waals surface area contributed by atoms with Crippen molar-refractivity contribution in [2.75, 3.05) is 0 Å². The molecule has 1 heterocycles. The number of benzene rings is 1. The molecule has 0 unspecified atom stereocenters. The highest BCUT2D eigenvalue weighted by atomic mass is 16.4. The highest BCUT2D eigenvalue weighted by Gasteiger charge is 2.16. The molecule has 21 heavy (non-hydrogen) atoms. The summed E-state index contributed by atoms with van der Waals surface area (Å²) >= 11 is 0. The minimum atomic E-state index is -0.975. The topological polar surface area (TPSA) is 64.2 Å². The van der Waals surface area contributed by atoms with Gasteiger partial charge in [-0.25, -0.2) is 9.59 Å². The zero-order valence-electron chi connectivity index (χ0n) is 13.0. The first-order valence-electron chi connectivity index (χ1n) is 7.27. The number of carboxylic acid groups (broad SMARTS) is 1. The van der Waals surface area contributed by atoms with Crippen LogP contribution in [0.5, 0.6) is 0 Å². The summed E-state index contributed by atoms with van der Waals surface area (Å²) < 4.78 is 3.43. The van der Waals surface area contributed by atoms with Gasteiger partial charge in [0.05, 0.1) is 16.6 Å². The molecule has 0 aliphatic rings. The summed E-state index contributed by atoms with van der Waals surface area (Å²) in [4.78, 5) is 23.8. The van der Waals surface area contributed by atoms with E-state index < -0.39 is 5.97 Å². The zero-order valence-corrected chi connectivity index (χ0v) is 13.0. The van der Waals surface area contributed by atoms with Crippen LogP contribution >= 0.6 is 0 Å². The Morgan fingerprint density at radius 1 is 1.05 bits per heavy atom. The minimum Gasteiger partial charge on any atom is -0.478 e. The molecule has 2 aromatic rings. The van der Waals surface area contributed by atoms with Gasteiger partial charge in [-0.15, -0.1) is 0 Å². The molecule has 114 valence electrons. The Bertz CT molecular complexity index is 723. The van der Waals surface area contributed by atoms with Crippen molar-refractivity contribution in [3.05, 3.63) is 34.2 Å². The zero-order chi connectivity index (χ0) is 15.7. The average Bonchev–Trinajstić information content (AvgIpc) is 2.63. The number of nitrogens with zero attached hydrogens (tertiary/aromatic N) is 2. The lowest BCUT2D eigenvalue weighted by Gasteiger charge is -2.06. The number of rotatable bonds is 5. The lowest BCUT2D eigenvalue weighted by atomic mass is 10.1. The molecule has 1 N–H and O–H groups in total. The smallest absolute Gasteiger partial charge is 0.335 e. The molecule has 5 nitrogen and oxygen atoms in total. The maximum atomic E-state index is 12.6. The van der Waals surface area contributed by atoms with Gasteiger partial charge < -0.3 is 5.11 Å². The third-order valence-corrected chi connectivity index (χ3v) is 3.36. The fourth-order valence-electron chi connectivity index (χ4n) is 2.54. The number of carboxylic acids is 1. The predicted octanol–water partition coefficient (Wildman–Crippen LogP) is 2.81. The van der Waals surface area contributed by atoms with Gasteiger partial charge in [-0.3, -0.25) is 9.13 Å². The second-order valence-corrected chi connectivity index (χ2v) is 6.30. The van der Waals surface area contributed by atoms with Crippen molar-refractivity contribution in [1.29, 1.82) is 0 Å². The summed E-state index contributed by atoms with van der Waals surface area (Å²) in [5, 5.41) is 9.14. The number of aromatic nitrogens is 2. The van der Waals surface area contributed by atoms with Crippen molar-refractivity contribution in [1.82, 2.24) is 9.13 Å². The van der Waals surface area contributed by atoms with Gasteiger partial charge in [-0.1, -0.05) is 27.7 Å². The summed E-state index contributed by atoms with van der Waals surface area (Å²) in [6.07, 6.45) is 0. The van der Waals surface area contributed by atoms with E-state index in [1.165, 1.54) is 0 Å². The Morgan fingerprint density at radius 3 is 2.05 bits per heavy atom. The Hall–Kier alpha value is -2.04. The number of fused-ring (bicyclic) bond motifs is 1. The molecule has 0 saturated heterocycles. The predicted molar refractivity (Wildman–Crippen MR) is 82.8 cm³/mol. The fourth-order valence-corrected chi connectivity index (χ4v) is 2.54. The van der Waals surface area contributed by atoms with Gasteiger partial charge in [0, 0.05) is 13.1 Å². The summed E-state index contributed by atoms with van der Waals surface area (Å²) in [5.41, 5.74) is 1.66. The molecule has 0 aliphatic heterocycles. The quantitative estimate of drug-likeness (QED) is 0.921. The maximum Gasteiger partial charge on any atom is 0.335 e. The van der Waals surface area contributed by atoms with Gasteiger partial charge in [-0.05, 0) is 30.0 Å². The van der Waals surface area contributed by atoms with E-state index >= 15 is 0 Å². The van der Waals surface area contributed by atoms with Crippen molar-refractivity contribution >= 4 is 17.0 Å². The van der Waals surface area contributed by atoms with Crippen molar-refractivity contribution in [2.24, 2.45) is 11.8 Å². The molecule has 0 saturated carbocycles. The maximum absolute atomic E-state index is 12.6. The molecule has 1 aromatic carbocycles. The Morgan fingerprint density at radius 2 is 1.57 bits per heavy atom. The second kappa shape index (κ2) is 5.76. The summed E-state index contributed by atoms with van der Waals surface area (Å²) in [5.74, 6) is -0.314. The number of carbonyl (C=O) groups is 1. The molecule has 0 aliphatic carbocycles. The molecular weight excluding hydrogens is 268 g/mol. The third-order valence-electron chi connectivity index (χ3n) is 3.36. The lowest BCUT2D eigenvalue weighted by Crippen LogP contribution is -2.27. The van der Waals surface area contributed by atoms with Crippen LogP contribution in [-0.2, 0) is 13.1 Å². The van der Waals surface area contributed by atoms with E-state index in [9.17, 15) is 9.59 Å². The molecular formula is C16H22N2O3. The third kappa shape index (κ3) is 3.01. The fraction of sp³-hybridized carbons (Fsp3) is 0.500. The summed E-state index contributed by atoms with van der Waals surface area (Å²) in [6, 6.07) is 4.89. The van der Waals surface area contributed by atoms with Gasteiger partial charge in [0.15, 0.2) is 0 Å². The van der Waals surface area contributed by atoms with Gasteiger partial charge in [0.25, 0.3) is 0 Å². The van der Waals surface area contributed by atoms with Crippen molar-refractivity contribution in [3.8, 4) is 0 Å². The monoisotopic (exact) mass is 290 g/mol.